The lowest BCUT2D eigenvalue weighted by Gasteiger charge is -2.37. The normalized spacial score (nSPS) is 18.3. The highest BCUT2D eigenvalue weighted by Crippen LogP contribution is 2.34. The van der Waals surface area contributed by atoms with E-state index in [1.165, 1.54) is 0 Å². The zero-order valence-electron chi connectivity index (χ0n) is 10.0. The number of halogens is 1. The van der Waals surface area contributed by atoms with Crippen molar-refractivity contribution >= 4 is 23.4 Å². The third kappa shape index (κ3) is 3.32. The summed E-state index contributed by atoms with van der Waals surface area (Å²) in [6.07, 6.45) is 5.06. The lowest BCUT2D eigenvalue weighted by Crippen LogP contribution is -2.42. The summed E-state index contributed by atoms with van der Waals surface area (Å²) < 4.78 is 0. The zero-order valence-corrected chi connectivity index (χ0v) is 10.8. The largest absolute Gasteiger partial charge is 0.481 e. The van der Waals surface area contributed by atoms with Gasteiger partial charge in [0.2, 0.25) is 0 Å². The lowest BCUT2D eigenvalue weighted by molar-refractivity contribution is -0.138. The molecule has 1 fully saturated rings. The molecule has 1 aliphatic rings. The number of hydrogen-bond acceptors (Lipinski definition) is 4. The quantitative estimate of drug-likeness (QED) is 0.879. The number of carboxylic acids is 1. The summed E-state index contributed by atoms with van der Waals surface area (Å²) in [6.45, 7) is 0. The molecule has 0 aromatic carbocycles. The van der Waals surface area contributed by atoms with Crippen molar-refractivity contribution in [1.29, 1.82) is 0 Å². The molecule has 0 radical (unpaired) electrons. The standard InChI is InChI=1S/C12H16ClN3O2/c13-9-4-5-10(16-15-9)14-12(8-11(17)18)6-2-1-3-7-12/h4-5H,1-3,6-8H2,(H,14,16)(H,17,18). The summed E-state index contributed by atoms with van der Waals surface area (Å²) in [5.74, 6) is -0.200. The van der Waals surface area contributed by atoms with Crippen LogP contribution in [0.2, 0.25) is 5.15 Å². The predicted octanol–water partition coefficient (Wildman–Crippen LogP) is 2.72. The molecule has 5 nitrogen and oxygen atoms in total. The highest BCUT2D eigenvalue weighted by atomic mass is 35.5. The molecule has 0 spiro atoms. The summed E-state index contributed by atoms with van der Waals surface area (Å²) in [7, 11) is 0. The topological polar surface area (TPSA) is 75.1 Å². The van der Waals surface area contributed by atoms with Crippen molar-refractivity contribution in [3.63, 3.8) is 0 Å². The number of aliphatic carboxylic acids is 1. The van der Waals surface area contributed by atoms with Gasteiger partial charge >= 0.3 is 5.97 Å². The van der Waals surface area contributed by atoms with Gasteiger partial charge < -0.3 is 10.4 Å². The maximum Gasteiger partial charge on any atom is 0.305 e. The summed E-state index contributed by atoms with van der Waals surface area (Å²) in [5, 5.41) is 20.3. The van der Waals surface area contributed by atoms with E-state index in [1.807, 2.05) is 0 Å². The Labute approximate surface area is 111 Å². The van der Waals surface area contributed by atoms with Crippen molar-refractivity contribution in [2.75, 3.05) is 5.32 Å². The van der Waals surface area contributed by atoms with Crippen LogP contribution >= 0.6 is 11.6 Å². The molecule has 1 aliphatic carbocycles. The van der Waals surface area contributed by atoms with E-state index in [0.717, 1.165) is 32.1 Å². The van der Waals surface area contributed by atoms with Gasteiger partial charge in [-0.1, -0.05) is 30.9 Å². The Hall–Kier alpha value is -1.36. The number of anilines is 1. The van der Waals surface area contributed by atoms with Crippen LogP contribution in [0.5, 0.6) is 0 Å². The molecule has 0 unspecified atom stereocenters. The number of nitrogens with one attached hydrogen (secondary N) is 1. The maximum absolute atomic E-state index is 11.0. The van der Waals surface area contributed by atoms with Gasteiger partial charge in [-0.2, -0.15) is 0 Å². The van der Waals surface area contributed by atoms with Crippen molar-refractivity contribution in [2.24, 2.45) is 0 Å². The SMILES string of the molecule is O=C(O)CC1(Nc2ccc(Cl)nn2)CCCCC1. The molecule has 0 amide bonds. The van der Waals surface area contributed by atoms with Gasteiger partial charge in [0, 0.05) is 5.54 Å². The second kappa shape index (κ2) is 5.52. The van der Waals surface area contributed by atoms with Crippen molar-refractivity contribution in [2.45, 2.75) is 44.1 Å². The molecule has 0 bridgehead atoms. The Bertz CT molecular complexity index is 416. The van der Waals surface area contributed by atoms with E-state index in [1.54, 1.807) is 12.1 Å². The van der Waals surface area contributed by atoms with Gasteiger partial charge in [-0.3, -0.25) is 4.79 Å². The van der Waals surface area contributed by atoms with Gasteiger partial charge in [0.05, 0.1) is 6.42 Å². The Balaban J connectivity index is 2.13. The fourth-order valence-corrected chi connectivity index (χ4v) is 2.62. The molecule has 18 heavy (non-hydrogen) atoms. The van der Waals surface area contributed by atoms with Crippen molar-refractivity contribution in [3.05, 3.63) is 17.3 Å². The van der Waals surface area contributed by atoms with E-state index < -0.39 is 11.5 Å². The number of nitrogens with zero attached hydrogens (tertiary/aromatic N) is 2. The monoisotopic (exact) mass is 269 g/mol. The smallest absolute Gasteiger partial charge is 0.305 e. The van der Waals surface area contributed by atoms with Crippen LogP contribution in [0.4, 0.5) is 5.82 Å². The molecule has 1 aromatic rings. The Kier molecular flexibility index (Phi) is 4.01. The molecule has 98 valence electrons. The van der Waals surface area contributed by atoms with Gasteiger partial charge in [-0.15, -0.1) is 10.2 Å². The highest BCUT2D eigenvalue weighted by molar-refractivity contribution is 6.29. The average molecular weight is 270 g/mol. The molecule has 1 saturated carbocycles. The fourth-order valence-electron chi connectivity index (χ4n) is 2.52. The first-order chi connectivity index (χ1) is 8.60. The van der Waals surface area contributed by atoms with E-state index in [-0.39, 0.29) is 6.42 Å². The van der Waals surface area contributed by atoms with Crippen LogP contribution in [0, 0.1) is 0 Å². The molecule has 1 aromatic heterocycles. The molecule has 0 atom stereocenters. The van der Waals surface area contributed by atoms with Crippen LogP contribution in [-0.2, 0) is 4.79 Å². The average Bonchev–Trinajstić information content (AvgIpc) is 2.32. The number of carbonyl (C=O) groups is 1. The van der Waals surface area contributed by atoms with Gasteiger partial charge in [0.15, 0.2) is 5.15 Å². The first-order valence-electron chi connectivity index (χ1n) is 6.09. The second-order valence-corrected chi connectivity index (χ2v) is 5.17. The van der Waals surface area contributed by atoms with Crippen LogP contribution in [0.3, 0.4) is 0 Å². The van der Waals surface area contributed by atoms with Gasteiger partial charge in [0.1, 0.15) is 5.82 Å². The minimum Gasteiger partial charge on any atom is -0.481 e. The summed E-state index contributed by atoms with van der Waals surface area (Å²) in [4.78, 5) is 11.0. The predicted molar refractivity (Wildman–Crippen MR) is 68.7 cm³/mol. The van der Waals surface area contributed by atoms with E-state index in [4.69, 9.17) is 16.7 Å². The second-order valence-electron chi connectivity index (χ2n) is 4.78. The van der Waals surface area contributed by atoms with Crippen LogP contribution in [-0.4, -0.2) is 26.8 Å². The Morgan fingerprint density at radius 3 is 2.61 bits per heavy atom. The molecule has 2 rings (SSSR count). The first kappa shape index (κ1) is 13.1. The Morgan fingerprint density at radius 2 is 2.06 bits per heavy atom. The number of aromatic nitrogens is 2. The third-order valence-corrected chi connectivity index (χ3v) is 3.53. The molecule has 1 heterocycles. The van der Waals surface area contributed by atoms with Crippen LogP contribution in [0.1, 0.15) is 38.5 Å². The van der Waals surface area contributed by atoms with Gasteiger partial charge in [-0.05, 0) is 25.0 Å². The van der Waals surface area contributed by atoms with Crippen LogP contribution in [0.25, 0.3) is 0 Å². The van der Waals surface area contributed by atoms with Gasteiger partial charge in [-0.25, -0.2) is 0 Å². The van der Waals surface area contributed by atoms with Crippen LogP contribution in [0.15, 0.2) is 12.1 Å². The first-order valence-corrected chi connectivity index (χ1v) is 6.47. The minimum absolute atomic E-state index is 0.108. The highest BCUT2D eigenvalue weighted by Gasteiger charge is 2.34. The molecular formula is C12H16ClN3O2. The Morgan fingerprint density at radius 1 is 1.33 bits per heavy atom. The number of rotatable bonds is 4. The van der Waals surface area contributed by atoms with E-state index >= 15 is 0 Å². The summed E-state index contributed by atoms with van der Waals surface area (Å²) >= 11 is 5.68. The number of hydrogen-bond donors (Lipinski definition) is 2. The van der Waals surface area contributed by atoms with Crippen molar-refractivity contribution in [3.8, 4) is 0 Å². The molecule has 0 saturated heterocycles. The van der Waals surface area contributed by atoms with Gasteiger partial charge in [0.25, 0.3) is 0 Å². The van der Waals surface area contributed by atoms with Crippen LogP contribution < -0.4 is 5.32 Å². The number of carboxylic acid groups (broad SMARTS) is 1. The van der Waals surface area contributed by atoms with Crippen molar-refractivity contribution in [1.82, 2.24) is 10.2 Å². The zero-order chi connectivity index (χ0) is 13.0. The molecule has 2 N–H and O–H groups in total. The van der Waals surface area contributed by atoms with Crippen molar-refractivity contribution < 1.29 is 9.90 Å². The van der Waals surface area contributed by atoms with E-state index in [9.17, 15) is 4.79 Å². The molecule has 6 heteroatoms. The minimum atomic E-state index is -0.786. The fraction of sp³-hybridized carbons (Fsp3) is 0.583. The maximum atomic E-state index is 11.0. The summed E-state index contributed by atoms with van der Waals surface area (Å²) in [5.41, 5.74) is -0.396. The third-order valence-electron chi connectivity index (χ3n) is 3.33. The lowest BCUT2D eigenvalue weighted by atomic mass is 9.79. The molecular weight excluding hydrogens is 254 g/mol. The van der Waals surface area contributed by atoms with E-state index in [2.05, 4.69) is 15.5 Å². The molecule has 0 aliphatic heterocycles. The summed E-state index contributed by atoms with van der Waals surface area (Å²) in [6, 6.07) is 3.38. The van der Waals surface area contributed by atoms with E-state index in [0.29, 0.717) is 11.0 Å².